The maximum Gasteiger partial charge on any atom is 0.262 e. The second-order valence-corrected chi connectivity index (χ2v) is 6.08. The van der Waals surface area contributed by atoms with Crippen molar-refractivity contribution in [2.45, 2.75) is 26.3 Å². The van der Waals surface area contributed by atoms with Gasteiger partial charge in [0.05, 0.1) is 11.9 Å². The first kappa shape index (κ1) is 17.0. The van der Waals surface area contributed by atoms with Crippen LogP contribution in [-0.2, 0) is 4.79 Å². The SMILES string of the molecule is CC[C@@H](C)NC(=O)/C(C#N)=C/c1cn[nH]c1-c1ccc(Br)cc1. The highest BCUT2D eigenvalue weighted by Gasteiger charge is 2.13. The van der Waals surface area contributed by atoms with Crippen LogP contribution in [0.15, 0.2) is 40.5 Å². The molecule has 1 amide bonds. The summed E-state index contributed by atoms with van der Waals surface area (Å²) in [4.78, 5) is 12.1. The number of aromatic nitrogens is 2. The lowest BCUT2D eigenvalue weighted by Crippen LogP contribution is -2.32. The van der Waals surface area contributed by atoms with Crippen LogP contribution >= 0.6 is 15.9 Å². The summed E-state index contributed by atoms with van der Waals surface area (Å²) >= 11 is 3.39. The predicted octanol–water partition coefficient (Wildman–Crippen LogP) is 3.66. The van der Waals surface area contributed by atoms with Gasteiger partial charge in [0.2, 0.25) is 0 Å². The molecule has 2 aromatic rings. The molecule has 0 aliphatic carbocycles. The predicted molar refractivity (Wildman–Crippen MR) is 93.2 cm³/mol. The van der Waals surface area contributed by atoms with Crippen molar-refractivity contribution in [3.8, 4) is 17.3 Å². The highest BCUT2D eigenvalue weighted by atomic mass is 79.9. The number of H-pyrrole nitrogens is 1. The van der Waals surface area contributed by atoms with E-state index in [1.54, 1.807) is 12.3 Å². The Labute approximate surface area is 143 Å². The van der Waals surface area contributed by atoms with E-state index >= 15 is 0 Å². The fourth-order valence-corrected chi connectivity index (χ4v) is 2.22. The smallest absolute Gasteiger partial charge is 0.262 e. The Morgan fingerprint density at radius 1 is 1.48 bits per heavy atom. The van der Waals surface area contributed by atoms with Crippen molar-refractivity contribution < 1.29 is 4.79 Å². The van der Waals surface area contributed by atoms with E-state index in [9.17, 15) is 10.1 Å². The van der Waals surface area contributed by atoms with Gasteiger partial charge in [0, 0.05) is 21.6 Å². The first-order valence-electron chi connectivity index (χ1n) is 7.27. The van der Waals surface area contributed by atoms with E-state index in [0.29, 0.717) is 5.56 Å². The van der Waals surface area contributed by atoms with Crippen LogP contribution in [0.2, 0.25) is 0 Å². The monoisotopic (exact) mass is 372 g/mol. The average Bonchev–Trinajstić information content (AvgIpc) is 3.01. The van der Waals surface area contributed by atoms with Crippen molar-refractivity contribution in [1.29, 1.82) is 5.26 Å². The standard InChI is InChI=1S/C17H17BrN4O/c1-3-11(2)21-17(23)13(9-19)8-14-10-20-22-16(14)12-4-6-15(18)7-5-12/h4-8,10-11H,3H2,1-2H3,(H,20,22)(H,21,23)/b13-8+/t11-/m1/s1. The van der Waals surface area contributed by atoms with Crippen molar-refractivity contribution in [2.75, 3.05) is 0 Å². The maximum atomic E-state index is 12.1. The Hall–Kier alpha value is -2.39. The number of halogens is 1. The average molecular weight is 373 g/mol. The summed E-state index contributed by atoms with van der Waals surface area (Å²) in [5.41, 5.74) is 2.45. The van der Waals surface area contributed by atoms with Gasteiger partial charge in [0.25, 0.3) is 5.91 Å². The topological polar surface area (TPSA) is 81.6 Å². The zero-order valence-corrected chi connectivity index (χ0v) is 14.5. The molecule has 0 saturated carbocycles. The van der Waals surface area contributed by atoms with Crippen LogP contribution in [0, 0.1) is 11.3 Å². The first-order valence-corrected chi connectivity index (χ1v) is 8.06. The minimum absolute atomic E-state index is 0.0227. The number of nitriles is 1. The van der Waals surface area contributed by atoms with Crippen LogP contribution < -0.4 is 5.32 Å². The number of rotatable bonds is 5. The van der Waals surface area contributed by atoms with Gasteiger partial charge in [-0.2, -0.15) is 10.4 Å². The van der Waals surface area contributed by atoms with Crippen LogP contribution in [-0.4, -0.2) is 22.1 Å². The zero-order valence-electron chi connectivity index (χ0n) is 12.9. The van der Waals surface area contributed by atoms with Crippen molar-refractivity contribution >= 4 is 27.9 Å². The van der Waals surface area contributed by atoms with Crippen LogP contribution in [0.25, 0.3) is 17.3 Å². The van der Waals surface area contributed by atoms with Gasteiger partial charge in [-0.05, 0) is 31.6 Å². The Kier molecular flexibility index (Phi) is 5.72. The Balaban J connectivity index is 2.32. The molecule has 2 N–H and O–H groups in total. The lowest BCUT2D eigenvalue weighted by atomic mass is 10.1. The molecule has 0 aliphatic rings. The molecule has 0 bridgehead atoms. The normalized spacial score (nSPS) is 12.5. The number of nitrogens with zero attached hydrogens (tertiary/aromatic N) is 2. The number of carbonyl (C=O) groups is 1. The summed E-state index contributed by atoms with van der Waals surface area (Å²) in [6, 6.07) is 9.68. The Morgan fingerprint density at radius 3 is 2.78 bits per heavy atom. The van der Waals surface area contributed by atoms with E-state index in [0.717, 1.165) is 22.2 Å². The van der Waals surface area contributed by atoms with Gasteiger partial charge in [-0.15, -0.1) is 0 Å². The van der Waals surface area contributed by atoms with Crippen molar-refractivity contribution in [3.05, 3.63) is 46.1 Å². The molecule has 1 heterocycles. The van der Waals surface area contributed by atoms with Crippen molar-refractivity contribution in [2.24, 2.45) is 0 Å². The molecule has 0 fully saturated rings. The van der Waals surface area contributed by atoms with Gasteiger partial charge >= 0.3 is 0 Å². The minimum Gasteiger partial charge on any atom is -0.349 e. The molecular weight excluding hydrogens is 356 g/mol. The molecule has 0 aliphatic heterocycles. The van der Waals surface area contributed by atoms with Crippen LogP contribution in [0.5, 0.6) is 0 Å². The number of carbonyl (C=O) groups excluding carboxylic acids is 1. The molecule has 1 aromatic heterocycles. The van der Waals surface area contributed by atoms with E-state index in [4.69, 9.17) is 0 Å². The quantitative estimate of drug-likeness (QED) is 0.620. The van der Waals surface area contributed by atoms with Gasteiger partial charge in [-0.3, -0.25) is 9.89 Å². The first-order chi connectivity index (χ1) is 11.0. The number of benzene rings is 1. The van der Waals surface area contributed by atoms with Gasteiger partial charge in [0.15, 0.2) is 0 Å². The Bertz CT molecular complexity index is 756. The second-order valence-electron chi connectivity index (χ2n) is 5.16. The molecule has 118 valence electrons. The molecule has 6 heteroatoms. The lowest BCUT2D eigenvalue weighted by molar-refractivity contribution is -0.117. The van der Waals surface area contributed by atoms with E-state index in [1.807, 2.05) is 44.2 Å². The fourth-order valence-electron chi connectivity index (χ4n) is 1.96. The minimum atomic E-state index is -0.371. The third kappa shape index (κ3) is 4.30. The zero-order chi connectivity index (χ0) is 16.8. The highest BCUT2D eigenvalue weighted by Crippen LogP contribution is 2.24. The molecular formula is C17H17BrN4O. The molecule has 1 atom stereocenters. The van der Waals surface area contributed by atoms with Gasteiger partial charge < -0.3 is 5.32 Å². The molecule has 2 rings (SSSR count). The van der Waals surface area contributed by atoms with Gasteiger partial charge in [-0.1, -0.05) is 35.0 Å². The summed E-state index contributed by atoms with van der Waals surface area (Å²) < 4.78 is 0.975. The second kappa shape index (κ2) is 7.75. The number of hydrogen-bond acceptors (Lipinski definition) is 3. The highest BCUT2D eigenvalue weighted by molar-refractivity contribution is 9.10. The fraction of sp³-hybridized carbons (Fsp3) is 0.235. The summed E-state index contributed by atoms with van der Waals surface area (Å²) in [7, 11) is 0. The molecule has 0 saturated heterocycles. The molecule has 5 nitrogen and oxygen atoms in total. The van der Waals surface area contributed by atoms with E-state index in [2.05, 4.69) is 31.4 Å². The molecule has 1 aromatic carbocycles. The van der Waals surface area contributed by atoms with Gasteiger partial charge in [-0.25, -0.2) is 0 Å². The van der Waals surface area contributed by atoms with E-state index in [1.165, 1.54) is 0 Å². The molecule has 0 radical (unpaired) electrons. The maximum absolute atomic E-state index is 12.1. The lowest BCUT2D eigenvalue weighted by Gasteiger charge is -2.10. The summed E-state index contributed by atoms with van der Waals surface area (Å²) in [5.74, 6) is -0.371. The summed E-state index contributed by atoms with van der Waals surface area (Å²) in [6.07, 6.45) is 3.96. The van der Waals surface area contributed by atoms with Crippen LogP contribution in [0.1, 0.15) is 25.8 Å². The number of nitrogens with one attached hydrogen (secondary N) is 2. The van der Waals surface area contributed by atoms with Crippen molar-refractivity contribution in [1.82, 2.24) is 15.5 Å². The number of aromatic amines is 1. The van der Waals surface area contributed by atoms with Gasteiger partial charge in [0.1, 0.15) is 11.6 Å². The Morgan fingerprint density at radius 2 is 2.17 bits per heavy atom. The van der Waals surface area contributed by atoms with E-state index < -0.39 is 0 Å². The summed E-state index contributed by atoms with van der Waals surface area (Å²) in [5, 5.41) is 19.0. The molecule has 23 heavy (non-hydrogen) atoms. The largest absolute Gasteiger partial charge is 0.349 e. The van der Waals surface area contributed by atoms with E-state index in [-0.39, 0.29) is 17.5 Å². The van der Waals surface area contributed by atoms with Crippen molar-refractivity contribution in [3.63, 3.8) is 0 Å². The number of hydrogen-bond donors (Lipinski definition) is 2. The van der Waals surface area contributed by atoms with Crippen LogP contribution in [0.3, 0.4) is 0 Å². The summed E-state index contributed by atoms with van der Waals surface area (Å²) in [6.45, 7) is 3.88. The van der Waals surface area contributed by atoms with Crippen LogP contribution in [0.4, 0.5) is 0 Å². The number of amides is 1. The molecule has 0 unspecified atom stereocenters. The third-order valence-corrected chi connectivity index (χ3v) is 3.99. The molecule has 0 spiro atoms. The third-order valence-electron chi connectivity index (χ3n) is 3.46.